The fraction of sp³-hybridized carbons (Fsp3) is 0.375. The molecular formula is C16H20ClN. The van der Waals surface area contributed by atoms with E-state index in [9.17, 15) is 0 Å². The van der Waals surface area contributed by atoms with Gasteiger partial charge in [-0.2, -0.15) is 0 Å². The Hall–Kier alpha value is -1.21. The van der Waals surface area contributed by atoms with Gasteiger partial charge in [0.2, 0.25) is 0 Å². The van der Waals surface area contributed by atoms with Crippen LogP contribution in [-0.4, -0.2) is 17.3 Å². The van der Waals surface area contributed by atoms with E-state index in [2.05, 4.69) is 54.1 Å². The molecule has 0 aromatic heterocycles. The van der Waals surface area contributed by atoms with Crippen LogP contribution in [0.5, 0.6) is 0 Å². The summed E-state index contributed by atoms with van der Waals surface area (Å²) in [6.07, 6.45) is 6.45. The van der Waals surface area contributed by atoms with Crippen LogP contribution in [-0.2, 0) is 6.54 Å². The molecule has 0 amide bonds. The quantitative estimate of drug-likeness (QED) is 0.567. The third kappa shape index (κ3) is 3.39. The van der Waals surface area contributed by atoms with Gasteiger partial charge in [-0.1, -0.05) is 36.4 Å². The fourth-order valence-corrected chi connectivity index (χ4v) is 2.67. The van der Waals surface area contributed by atoms with E-state index in [4.69, 9.17) is 11.6 Å². The van der Waals surface area contributed by atoms with Crippen LogP contribution in [0.25, 0.3) is 0 Å². The predicted octanol–water partition coefficient (Wildman–Crippen LogP) is 4.21. The van der Waals surface area contributed by atoms with Gasteiger partial charge < -0.3 is 4.90 Å². The first kappa shape index (κ1) is 13.2. The summed E-state index contributed by atoms with van der Waals surface area (Å²) in [5.41, 5.74) is 2.78. The van der Waals surface area contributed by atoms with Crippen molar-refractivity contribution in [2.24, 2.45) is 5.92 Å². The molecule has 0 saturated heterocycles. The highest BCUT2D eigenvalue weighted by molar-refractivity contribution is 6.18. The van der Waals surface area contributed by atoms with Gasteiger partial charge in [0.15, 0.2) is 0 Å². The maximum absolute atomic E-state index is 5.87. The van der Waals surface area contributed by atoms with E-state index in [1.807, 2.05) is 0 Å². The zero-order valence-electron chi connectivity index (χ0n) is 10.7. The molecule has 0 unspecified atom stereocenters. The smallest absolute Gasteiger partial charge is 0.0423 e. The van der Waals surface area contributed by atoms with E-state index >= 15 is 0 Å². The van der Waals surface area contributed by atoms with Crippen molar-refractivity contribution in [1.29, 1.82) is 0 Å². The predicted molar refractivity (Wildman–Crippen MR) is 78.6 cm³/mol. The SMILES string of the molecule is C=C[C@@H]1CCN(Cc2ccccc2)C=C1CCCl. The van der Waals surface area contributed by atoms with Crippen molar-refractivity contribution in [2.45, 2.75) is 19.4 Å². The van der Waals surface area contributed by atoms with E-state index in [0.717, 1.165) is 25.9 Å². The maximum atomic E-state index is 5.87. The van der Waals surface area contributed by atoms with Gasteiger partial charge in [0.25, 0.3) is 0 Å². The van der Waals surface area contributed by atoms with Crippen molar-refractivity contribution in [2.75, 3.05) is 12.4 Å². The van der Waals surface area contributed by atoms with Gasteiger partial charge in [-0.25, -0.2) is 0 Å². The Morgan fingerprint density at radius 2 is 2.11 bits per heavy atom. The molecule has 0 spiro atoms. The Bertz CT molecular complexity index is 410. The minimum atomic E-state index is 0.510. The van der Waals surface area contributed by atoms with E-state index in [-0.39, 0.29) is 0 Å². The van der Waals surface area contributed by atoms with Crippen molar-refractivity contribution in [3.05, 3.63) is 60.3 Å². The number of rotatable bonds is 5. The van der Waals surface area contributed by atoms with Gasteiger partial charge in [0.1, 0.15) is 0 Å². The van der Waals surface area contributed by atoms with Crippen molar-refractivity contribution < 1.29 is 0 Å². The van der Waals surface area contributed by atoms with Crippen LogP contribution in [0.15, 0.2) is 54.8 Å². The molecular weight excluding hydrogens is 242 g/mol. The van der Waals surface area contributed by atoms with Gasteiger partial charge >= 0.3 is 0 Å². The summed E-state index contributed by atoms with van der Waals surface area (Å²) in [5, 5.41) is 0. The molecule has 18 heavy (non-hydrogen) atoms. The summed E-state index contributed by atoms with van der Waals surface area (Å²) < 4.78 is 0. The van der Waals surface area contributed by atoms with Crippen LogP contribution in [0.2, 0.25) is 0 Å². The molecule has 0 aliphatic carbocycles. The molecule has 1 aliphatic rings. The first-order valence-electron chi connectivity index (χ1n) is 6.50. The van der Waals surface area contributed by atoms with Gasteiger partial charge in [0.05, 0.1) is 0 Å². The monoisotopic (exact) mass is 261 g/mol. The van der Waals surface area contributed by atoms with Crippen LogP contribution in [0.4, 0.5) is 0 Å². The number of allylic oxidation sites excluding steroid dienone is 2. The van der Waals surface area contributed by atoms with E-state index in [0.29, 0.717) is 11.8 Å². The summed E-state index contributed by atoms with van der Waals surface area (Å²) in [6, 6.07) is 10.6. The Morgan fingerprint density at radius 3 is 2.78 bits per heavy atom. The molecule has 1 aliphatic heterocycles. The summed E-state index contributed by atoms with van der Waals surface area (Å²) in [7, 11) is 0. The second kappa shape index (κ2) is 6.65. The topological polar surface area (TPSA) is 3.24 Å². The molecule has 2 rings (SSSR count). The number of nitrogens with zero attached hydrogens (tertiary/aromatic N) is 1. The molecule has 1 aromatic rings. The zero-order valence-corrected chi connectivity index (χ0v) is 11.4. The molecule has 2 heteroatoms. The molecule has 1 heterocycles. The minimum Gasteiger partial charge on any atom is -0.373 e. The van der Waals surface area contributed by atoms with E-state index in [1.54, 1.807) is 0 Å². The highest BCUT2D eigenvalue weighted by Gasteiger charge is 2.18. The number of hydrogen-bond acceptors (Lipinski definition) is 1. The van der Waals surface area contributed by atoms with Gasteiger partial charge in [-0.3, -0.25) is 0 Å². The largest absolute Gasteiger partial charge is 0.373 e. The lowest BCUT2D eigenvalue weighted by atomic mass is 9.91. The van der Waals surface area contributed by atoms with Crippen molar-refractivity contribution in [1.82, 2.24) is 4.90 Å². The minimum absolute atomic E-state index is 0.510. The Kier molecular flexibility index (Phi) is 4.89. The van der Waals surface area contributed by atoms with Crippen molar-refractivity contribution in [3.8, 4) is 0 Å². The summed E-state index contributed by atoms with van der Waals surface area (Å²) in [6.45, 7) is 6.00. The molecule has 1 atom stereocenters. The third-order valence-corrected chi connectivity index (χ3v) is 3.64. The molecule has 0 bridgehead atoms. The molecule has 1 aromatic carbocycles. The zero-order chi connectivity index (χ0) is 12.8. The lowest BCUT2D eigenvalue weighted by molar-refractivity contribution is 0.319. The number of hydrogen-bond donors (Lipinski definition) is 0. The molecule has 0 saturated carbocycles. The van der Waals surface area contributed by atoms with E-state index in [1.165, 1.54) is 11.1 Å². The Labute approximate surface area is 115 Å². The van der Waals surface area contributed by atoms with Gasteiger partial charge in [0, 0.05) is 24.9 Å². The first-order chi connectivity index (χ1) is 8.83. The summed E-state index contributed by atoms with van der Waals surface area (Å²) >= 11 is 5.87. The molecule has 1 nitrogen and oxygen atoms in total. The second-order valence-corrected chi connectivity index (χ2v) is 5.11. The lowest BCUT2D eigenvalue weighted by Crippen LogP contribution is -2.26. The summed E-state index contributed by atoms with van der Waals surface area (Å²) in [4.78, 5) is 2.39. The number of halogens is 1. The average Bonchev–Trinajstić information content (AvgIpc) is 2.41. The van der Waals surface area contributed by atoms with Gasteiger partial charge in [-0.15, -0.1) is 18.2 Å². The third-order valence-electron chi connectivity index (χ3n) is 3.45. The molecule has 0 N–H and O–H groups in total. The van der Waals surface area contributed by atoms with Crippen molar-refractivity contribution in [3.63, 3.8) is 0 Å². The standard InChI is InChI=1S/C16H20ClN/c1-2-15-9-11-18(13-16(15)8-10-17)12-14-6-4-3-5-7-14/h2-7,13,15H,1,8-12H2/t15-/m1/s1. The van der Waals surface area contributed by atoms with Crippen LogP contribution >= 0.6 is 11.6 Å². The molecule has 0 fully saturated rings. The molecule has 0 radical (unpaired) electrons. The Balaban J connectivity index is 2.06. The van der Waals surface area contributed by atoms with Gasteiger partial charge in [-0.05, 0) is 30.2 Å². The van der Waals surface area contributed by atoms with Crippen molar-refractivity contribution >= 4 is 11.6 Å². The summed E-state index contributed by atoms with van der Waals surface area (Å²) in [5.74, 6) is 1.20. The number of alkyl halides is 1. The van der Waals surface area contributed by atoms with Crippen LogP contribution in [0.1, 0.15) is 18.4 Å². The fourth-order valence-electron chi connectivity index (χ4n) is 2.46. The maximum Gasteiger partial charge on any atom is 0.0423 e. The van der Waals surface area contributed by atoms with Crippen LogP contribution in [0.3, 0.4) is 0 Å². The highest BCUT2D eigenvalue weighted by Crippen LogP contribution is 2.26. The molecule has 96 valence electrons. The van der Waals surface area contributed by atoms with Crippen LogP contribution in [0, 0.1) is 5.92 Å². The first-order valence-corrected chi connectivity index (χ1v) is 7.04. The normalized spacial score (nSPS) is 19.5. The highest BCUT2D eigenvalue weighted by atomic mass is 35.5. The van der Waals surface area contributed by atoms with E-state index < -0.39 is 0 Å². The second-order valence-electron chi connectivity index (χ2n) is 4.73. The van der Waals surface area contributed by atoms with Crippen LogP contribution < -0.4 is 0 Å². The Morgan fingerprint density at radius 1 is 1.33 bits per heavy atom. The number of benzene rings is 1. The average molecular weight is 262 g/mol. The lowest BCUT2D eigenvalue weighted by Gasteiger charge is -2.31.